The molecule has 1 atom stereocenters. The lowest BCUT2D eigenvalue weighted by Gasteiger charge is -2.06. The fourth-order valence-electron chi connectivity index (χ4n) is 1.57. The van der Waals surface area contributed by atoms with Gasteiger partial charge in [-0.25, -0.2) is 0 Å². The fraction of sp³-hybridized carbons (Fsp3) is 0.0769. The van der Waals surface area contributed by atoms with Crippen LogP contribution in [0.15, 0.2) is 47.4 Å². The molecular formula is C13H12ClNO2S. The lowest BCUT2D eigenvalue weighted by molar-refractivity contribution is 0.475. The average molecular weight is 282 g/mol. The number of rotatable bonds is 3. The molecule has 0 amide bonds. The summed E-state index contributed by atoms with van der Waals surface area (Å²) >= 11 is 5.99. The zero-order valence-electron chi connectivity index (χ0n) is 9.47. The molecule has 0 fully saturated rings. The van der Waals surface area contributed by atoms with Gasteiger partial charge in [0.2, 0.25) is 0 Å². The highest BCUT2D eigenvalue weighted by Crippen LogP contribution is 2.24. The molecule has 0 spiro atoms. The number of anilines is 1. The molecule has 0 aliphatic heterocycles. The molecule has 2 aromatic rings. The third-order valence-electron chi connectivity index (χ3n) is 2.41. The molecule has 0 bridgehead atoms. The molecule has 0 saturated carbocycles. The quantitative estimate of drug-likeness (QED) is 0.850. The largest absolute Gasteiger partial charge is 0.508 e. The number of nitrogen functional groups attached to an aromatic ring is 1. The number of halogens is 1. The topological polar surface area (TPSA) is 63.3 Å². The van der Waals surface area contributed by atoms with Crippen molar-refractivity contribution in [3.8, 4) is 5.75 Å². The van der Waals surface area contributed by atoms with Crippen molar-refractivity contribution in [1.29, 1.82) is 0 Å². The van der Waals surface area contributed by atoms with Crippen LogP contribution >= 0.6 is 11.6 Å². The Morgan fingerprint density at radius 3 is 2.72 bits per heavy atom. The monoisotopic (exact) mass is 281 g/mol. The predicted molar refractivity (Wildman–Crippen MR) is 74.1 cm³/mol. The molecule has 5 heteroatoms. The molecule has 0 heterocycles. The van der Waals surface area contributed by atoms with E-state index < -0.39 is 10.8 Å². The van der Waals surface area contributed by atoms with Gasteiger partial charge in [0.15, 0.2) is 0 Å². The number of hydrogen-bond acceptors (Lipinski definition) is 3. The van der Waals surface area contributed by atoms with Crippen molar-refractivity contribution >= 4 is 28.1 Å². The molecule has 0 aliphatic rings. The van der Waals surface area contributed by atoms with Gasteiger partial charge in [0.1, 0.15) is 5.75 Å². The zero-order valence-corrected chi connectivity index (χ0v) is 11.0. The van der Waals surface area contributed by atoms with E-state index in [0.29, 0.717) is 15.6 Å². The zero-order chi connectivity index (χ0) is 13.1. The second-order valence-electron chi connectivity index (χ2n) is 3.85. The Morgan fingerprint density at radius 2 is 2.00 bits per heavy atom. The first-order chi connectivity index (χ1) is 8.56. The molecule has 1 unspecified atom stereocenters. The van der Waals surface area contributed by atoms with Gasteiger partial charge in [-0.15, -0.1) is 0 Å². The molecule has 3 nitrogen and oxygen atoms in total. The Kier molecular flexibility index (Phi) is 3.89. The standard InChI is InChI=1S/C13H12ClNO2S/c14-12-5-4-10(15)7-13(12)18(17)8-9-2-1-3-11(16)6-9/h1-7,16H,8,15H2. The summed E-state index contributed by atoms with van der Waals surface area (Å²) in [7, 11) is -1.29. The highest BCUT2D eigenvalue weighted by atomic mass is 35.5. The summed E-state index contributed by atoms with van der Waals surface area (Å²) in [6.45, 7) is 0. The maximum absolute atomic E-state index is 12.2. The van der Waals surface area contributed by atoms with Crippen LogP contribution in [0, 0.1) is 0 Å². The van der Waals surface area contributed by atoms with E-state index in [1.165, 1.54) is 0 Å². The van der Waals surface area contributed by atoms with Gasteiger partial charge in [0.05, 0.1) is 26.5 Å². The summed E-state index contributed by atoms with van der Waals surface area (Å²) in [4.78, 5) is 0.514. The highest BCUT2D eigenvalue weighted by Gasteiger charge is 2.10. The third kappa shape index (κ3) is 3.03. The molecule has 2 rings (SSSR count). The van der Waals surface area contributed by atoms with E-state index in [-0.39, 0.29) is 11.5 Å². The van der Waals surface area contributed by atoms with Crippen molar-refractivity contribution in [2.45, 2.75) is 10.6 Å². The first-order valence-electron chi connectivity index (χ1n) is 5.27. The molecule has 18 heavy (non-hydrogen) atoms. The van der Waals surface area contributed by atoms with Crippen molar-refractivity contribution in [2.24, 2.45) is 0 Å². The molecule has 0 aliphatic carbocycles. The minimum Gasteiger partial charge on any atom is -0.508 e. The van der Waals surface area contributed by atoms with Crippen molar-refractivity contribution in [3.05, 3.63) is 53.1 Å². The lowest BCUT2D eigenvalue weighted by Crippen LogP contribution is -1.98. The SMILES string of the molecule is Nc1ccc(Cl)c(S(=O)Cc2cccc(O)c2)c1. The number of phenols is 1. The Labute approximate surface area is 113 Å². The van der Waals surface area contributed by atoms with E-state index in [9.17, 15) is 9.32 Å². The maximum atomic E-state index is 12.2. The third-order valence-corrected chi connectivity index (χ3v) is 4.27. The summed E-state index contributed by atoms with van der Waals surface area (Å²) in [6.07, 6.45) is 0. The smallest absolute Gasteiger partial charge is 0.115 e. The van der Waals surface area contributed by atoms with Gasteiger partial charge >= 0.3 is 0 Å². The summed E-state index contributed by atoms with van der Waals surface area (Å²) in [6, 6.07) is 11.6. The van der Waals surface area contributed by atoms with Gasteiger partial charge in [-0.3, -0.25) is 4.21 Å². The minimum atomic E-state index is -1.29. The lowest BCUT2D eigenvalue weighted by atomic mass is 10.2. The van der Waals surface area contributed by atoms with E-state index in [2.05, 4.69) is 0 Å². The summed E-state index contributed by atoms with van der Waals surface area (Å²) < 4.78 is 12.2. The van der Waals surface area contributed by atoms with Crippen LogP contribution < -0.4 is 5.73 Å². The summed E-state index contributed by atoms with van der Waals surface area (Å²) in [5.41, 5.74) is 6.96. The molecule has 94 valence electrons. The van der Waals surface area contributed by atoms with Crippen LogP contribution in [0.25, 0.3) is 0 Å². The number of nitrogens with two attached hydrogens (primary N) is 1. The highest BCUT2D eigenvalue weighted by molar-refractivity contribution is 7.84. The van der Waals surface area contributed by atoms with E-state index in [4.69, 9.17) is 17.3 Å². The van der Waals surface area contributed by atoms with Crippen molar-refractivity contribution in [3.63, 3.8) is 0 Å². The number of hydrogen-bond donors (Lipinski definition) is 2. The number of benzene rings is 2. The molecular weight excluding hydrogens is 270 g/mol. The van der Waals surface area contributed by atoms with Crippen LogP contribution in [0.3, 0.4) is 0 Å². The van der Waals surface area contributed by atoms with Gasteiger partial charge in [-0.05, 0) is 35.9 Å². The van der Waals surface area contributed by atoms with Crippen molar-refractivity contribution < 1.29 is 9.32 Å². The summed E-state index contributed by atoms with van der Waals surface area (Å²) in [5.74, 6) is 0.445. The first kappa shape index (κ1) is 12.9. The van der Waals surface area contributed by atoms with Gasteiger partial charge in [0, 0.05) is 5.69 Å². The first-order valence-corrected chi connectivity index (χ1v) is 6.97. The second-order valence-corrected chi connectivity index (χ2v) is 5.68. The molecule has 2 aromatic carbocycles. The van der Waals surface area contributed by atoms with E-state index in [1.807, 2.05) is 0 Å². The second kappa shape index (κ2) is 5.42. The van der Waals surface area contributed by atoms with Crippen molar-refractivity contribution in [2.75, 3.05) is 5.73 Å². The van der Waals surface area contributed by atoms with Gasteiger partial charge in [-0.1, -0.05) is 23.7 Å². The molecule has 0 aromatic heterocycles. The van der Waals surface area contributed by atoms with Gasteiger partial charge in [-0.2, -0.15) is 0 Å². The summed E-state index contributed by atoms with van der Waals surface area (Å²) in [5, 5.41) is 9.78. The average Bonchev–Trinajstić information content (AvgIpc) is 2.32. The predicted octanol–water partition coefficient (Wildman–Crippen LogP) is 2.94. The number of aromatic hydroxyl groups is 1. The van der Waals surface area contributed by atoms with Crippen LogP contribution in [0.1, 0.15) is 5.56 Å². The Morgan fingerprint density at radius 1 is 1.22 bits per heavy atom. The van der Waals surface area contributed by atoms with Gasteiger partial charge in [0.25, 0.3) is 0 Å². The van der Waals surface area contributed by atoms with E-state index in [1.54, 1.807) is 42.5 Å². The Balaban J connectivity index is 2.24. The van der Waals surface area contributed by atoms with Crippen LogP contribution in [0.4, 0.5) is 5.69 Å². The Bertz CT molecular complexity index is 601. The van der Waals surface area contributed by atoms with Crippen LogP contribution in [-0.2, 0) is 16.6 Å². The molecule has 0 radical (unpaired) electrons. The maximum Gasteiger partial charge on any atom is 0.115 e. The van der Waals surface area contributed by atoms with Crippen LogP contribution in [0.2, 0.25) is 5.02 Å². The number of phenolic OH excluding ortho intramolecular Hbond substituents is 1. The normalized spacial score (nSPS) is 12.3. The van der Waals surface area contributed by atoms with E-state index >= 15 is 0 Å². The fourth-order valence-corrected chi connectivity index (χ4v) is 3.14. The van der Waals surface area contributed by atoms with Crippen molar-refractivity contribution in [1.82, 2.24) is 0 Å². The molecule has 3 N–H and O–H groups in total. The van der Waals surface area contributed by atoms with Crippen LogP contribution in [-0.4, -0.2) is 9.32 Å². The molecule has 0 saturated heterocycles. The minimum absolute atomic E-state index is 0.156. The van der Waals surface area contributed by atoms with Gasteiger partial charge < -0.3 is 10.8 Å². The van der Waals surface area contributed by atoms with Crippen LogP contribution in [0.5, 0.6) is 5.75 Å². The Hall–Kier alpha value is -1.52. The van der Waals surface area contributed by atoms with E-state index in [0.717, 1.165) is 5.56 Å².